The number of rotatable bonds is 16. The lowest BCUT2D eigenvalue weighted by atomic mass is 9.55. The molecule has 6 nitrogen and oxygen atoms in total. The zero-order chi connectivity index (χ0) is 49.7. The lowest BCUT2D eigenvalue weighted by Gasteiger charge is -2.54. The monoisotopic (exact) mass is 953 g/mol. The van der Waals surface area contributed by atoms with Gasteiger partial charge in [0.1, 0.15) is 16.9 Å². The predicted molar refractivity (Wildman–Crippen MR) is 302 cm³/mol. The molecule has 3 aliphatic carbocycles. The lowest BCUT2D eigenvalue weighted by Crippen LogP contribution is -2.56. The van der Waals surface area contributed by atoms with Gasteiger partial charge in [-0.2, -0.15) is 0 Å². The molecule has 0 atom stereocenters. The SMILES string of the molecule is Cc1cccc(C23CCC(NC/C=C(/c4ccccc4)c4cc(NC(c5ccccc5)(c5ccccc5)c5ccccc5)nc(N(N)C(c5ccccc5)(c5ccccc5)c5ccccc5)c4N)(CC2)CC3)c1. The molecule has 1 aromatic heterocycles. The average molecular weight is 953 g/mol. The Hall–Kier alpha value is -8.03. The summed E-state index contributed by atoms with van der Waals surface area (Å²) < 4.78 is 0. The summed E-state index contributed by atoms with van der Waals surface area (Å²) in [6, 6.07) is 85.4. The maximum absolute atomic E-state index is 7.97. The molecule has 0 unspecified atom stereocenters. The number of benzene rings is 8. The van der Waals surface area contributed by atoms with Crippen LogP contribution in [0, 0.1) is 6.92 Å². The second-order valence-corrected chi connectivity index (χ2v) is 20.2. The van der Waals surface area contributed by atoms with Crippen LogP contribution < -0.4 is 27.2 Å². The normalized spacial score (nSPS) is 17.8. The van der Waals surface area contributed by atoms with Crippen LogP contribution in [0.5, 0.6) is 0 Å². The summed E-state index contributed by atoms with van der Waals surface area (Å²) in [6.07, 6.45) is 9.37. The summed E-state index contributed by atoms with van der Waals surface area (Å²) in [5.74, 6) is 9.01. The second-order valence-electron chi connectivity index (χ2n) is 20.2. The Morgan fingerprint density at radius 2 is 0.959 bits per heavy atom. The number of anilines is 3. The van der Waals surface area contributed by atoms with E-state index < -0.39 is 11.1 Å². The van der Waals surface area contributed by atoms with Crippen molar-refractivity contribution in [3.63, 3.8) is 0 Å². The minimum absolute atomic E-state index is 0.0703. The quantitative estimate of drug-likeness (QED) is 0.0438. The minimum Gasteiger partial charge on any atom is -0.395 e. The summed E-state index contributed by atoms with van der Waals surface area (Å²) in [4.78, 5) is 5.65. The Labute approximate surface area is 431 Å². The molecule has 73 heavy (non-hydrogen) atoms. The standard InChI is InChI=1S/C67H64N6/c1-50-24-23-39-58(48-50)64-41-44-65(45-42-64,46-43-64)70-47-40-59(51-25-9-2-10-26-51)60-49-61(72-66(52-27-11-3-12-28-52,53-29-13-4-14-30-53)54-31-15-5-16-32-54)71-63(62(60)68)73(69)67(55-33-17-6-18-34-55,56-35-19-7-20-36-56)57-37-21-8-22-38-57/h2-40,48-49,70H,41-47,68-69H2,1H3,(H,71,72)/b59-40-. The first kappa shape index (κ1) is 47.3. The molecule has 0 saturated heterocycles. The molecule has 0 spiro atoms. The number of aromatic nitrogens is 1. The number of fused-ring (bicyclic) bond motifs is 3. The smallest absolute Gasteiger partial charge is 0.170 e. The Balaban J connectivity index is 1.11. The van der Waals surface area contributed by atoms with E-state index in [9.17, 15) is 0 Å². The van der Waals surface area contributed by atoms with Crippen molar-refractivity contribution in [2.45, 2.75) is 67.5 Å². The Morgan fingerprint density at radius 3 is 1.40 bits per heavy atom. The lowest BCUT2D eigenvalue weighted by molar-refractivity contribution is 0.0802. The molecule has 12 rings (SSSR count). The van der Waals surface area contributed by atoms with Crippen molar-refractivity contribution in [1.29, 1.82) is 0 Å². The van der Waals surface area contributed by atoms with Crippen molar-refractivity contribution < 1.29 is 0 Å². The van der Waals surface area contributed by atoms with Gasteiger partial charge in [0, 0.05) is 17.6 Å². The van der Waals surface area contributed by atoms with Crippen molar-refractivity contribution in [2.75, 3.05) is 22.6 Å². The molecule has 3 saturated carbocycles. The molecule has 0 aliphatic heterocycles. The first-order valence-corrected chi connectivity index (χ1v) is 25.9. The van der Waals surface area contributed by atoms with Gasteiger partial charge in [0.05, 0.1) is 5.69 Å². The van der Waals surface area contributed by atoms with Gasteiger partial charge in [-0.05, 0) is 107 Å². The largest absolute Gasteiger partial charge is 0.395 e. The summed E-state index contributed by atoms with van der Waals surface area (Å²) >= 11 is 0. The van der Waals surface area contributed by atoms with Gasteiger partial charge in [-0.1, -0.05) is 248 Å². The zero-order valence-corrected chi connectivity index (χ0v) is 41.7. The van der Waals surface area contributed by atoms with E-state index in [0.717, 1.165) is 69.3 Å². The third-order valence-electron chi connectivity index (χ3n) is 16.2. The zero-order valence-electron chi connectivity index (χ0n) is 41.7. The van der Waals surface area contributed by atoms with Gasteiger partial charge in [-0.15, -0.1) is 0 Å². The van der Waals surface area contributed by atoms with Crippen LogP contribution in [0.1, 0.15) is 94.2 Å². The number of nitrogens with one attached hydrogen (secondary N) is 2. The average Bonchev–Trinajstić information content (AvgIpc) is 3.46. The molecule has 6 N–H and O–H groups in total. The summed E-state index contributed by atoms with van der Waals surface area (Å²) in [5, 5.41) is 10.1. The predicted octanol–water partition coefficient (Wildman–Crippen LogP) is 14.1. The number of hydrazine groups is 1. The van der Waals surface area contributed by atoms with E-state index in [1.807, 2.05) is 23.2 Å². The molecule has 0 radical (unpaired) electrons. The van der Waals surface area contributed by atoms with Crippen molar-refractivity contribution in [2.24, 2.45) is 5.84 Å². The van der Waals surface area contributed by atoms with Crippen LogP contribution in [0.3, 0.4) is 0 Å². The van der Waals surface area contributed by atoms with E-state index >= 15 is 0 Å². The molecule has 6 heteroatoms. The van der Waals surface area contributed by atoms with Crippen LogP contribution in [-0.2, 0) is 16.5 Å². The van der Waals surface area contributed by atoms with Crippen LogP contribution >= 0.6 is 0 Å². The topological polar surface area (TPSA) is 92.2 Å². The van der Waals surface area contributed by atoms with E-state index in [2.05, 4.69) is 248 Å². The van der Waals surface area contributed by atoms with Crippen LogP contribution in [0.25, 0.3) is 5.57 Å². The number of hydrogen-bond acceptors (Lipinski definition) is 6. The number of nitrogens with zero attached hydrogens (tertiary/aromatic N) is 2. The van der Waals surface area contributed by atoms with Crippen LogP contribution in [0.4, 0.5) is 17.3 Å². The van der Waals surface area contributed by atoms with Gasteiger partial charge < -0.3 is 16.4 Å². The summed E-state index contributed by atoms with van der Waals surface area (Å²) in [5.41, 5.74) is 18.4. The van der Waals surface area contributed by atoms with E-state index in [0.29, 0.717) is 23.9 Å². The minimum atomic E-state index is -1.08. The molecule has 8 aromatic carbocycles. The maximum Gasteiger partial charge on any atom is 0.170 e. The highest BCUT2D eigenvalue weighted by Crippen LogP contribution is 2.54. The molecule has 9 aromatic rings. The fraction of sp³-hybridized carbons (Fsp3) is 0.179. The molecular formula is C67H64N6. The first-order chi connectivity index (χ1) is 35.8. The van der Waals surface area contributed by atoms with Crippen molar-refractivity contribution in [3.8, 4) is 0 Å². The van der Waals surface area contributed by atoms with Gasteiger partial charge in [-0.25, -0.2) is 10.8 Å². The van der Waals surface area contributed by atoms with Crippen LogP contribution in [0.2, 0.25) is 0 Å². The number of hydrogen-bond donors (Lipinski definition) is 4. The Bertz CT molecular complexity index is 3070. The third-order valence-corrected chi connectivity index (χ3v) is 16.2. The fourth-order valence-electron chi connectivity index (χ4n) is 12.3. The number of pyridine rings is 1. The van der Waals surface area contributed by atoms with Gasteiger partial charge in [0.15, 0.2) is 5.82 Å². The molecule has 3 fully saturated rings. The highest BCUT2D eigenvalue weighted by atomic mass is 15.5. The fourth-order valence-corrected chi connectivity index (χ4v) is 12.3. The van der Waals surface area contributed by atoms with Crippen LogP contribution in [0.15, 0.2) is 249 Å². The maximum atomic E-state index is 7.97. The van der Waals surface area contributed by atoms with Gasteiger partial charge >= 0.3 is 0 Å². The molecule has 362 valence electrons. The third kappa shape index (κ3) is 8.81. The second kappa shape index (κ2) is 20.2. The number of aryl methyl sites for hydroxylation is 1. The number of nitrogen functional groups attached to an aromatic ring is 1. The van der Waals surface area contributed by atoms with E-state index in [-0.39, 0.29) is 11.0 Å². The highest BCUT2D eigenvalue weighted by Gasteiger charge is 2.49. The van der Waals surface area contributed by atoms with E-state index in [4.69, 9.17) is 16.6 Å². The summed E-state index contributed by atoms with van der Waals surface area (Å²) in [7, 11) is 0. The summed E-state index contributed by atoms with van der Waals surface area (Å²) in [6.45, 7) is 2.88. The molecule has 1 heterocycles. The first-order valence-electron chi connectivity index (χ1n) is 25.9. The van der Waals surface area contributed by atoms with Crippen LogP contribution in [-0.4, -0.2) is 17.1 Å². The van der Waals surface area contributed by atoms with Gasteiger partial charge in [0.2, 0.25) is 0 Å². The number of nitrogens with two attached hydrogens (primary N) is 2. The Kier molecular flexibility index (Phi) is 13.1. The van der Waals surface area contributed by atoms with Crippen molar-refractivity contribution in [3.05, 3.63) is 304 Å². The molecular weight excluding hydrogens is 889 g/mol. The van der Waals surface area contributed by atoms with Crippen molar-refractivity contribution in [1.82, 2.24) is 10.3 Å². The van der Waals surface area contributed by atoms with E-state index in [1.54, 1.807) is 0 Å². The highest BCUT2D eigenvalue weighted by molar-refractivity contribution is 5.91. The Morgan fingerprint density at radius 1 is 0.534 bits per heavy atom. The van der Waals surface area contributed by atoms with Gasteiger partial charge in [0.25, 0.3) is 0 Å². The molecule has 2 bridgehead atoms. The van der Waals surface area contributed by atoms with Gasteiger partial charge in [-0.3, -0.25) is 5.01 Å². The molecule has 3 aliphatic rings. The molecule has 0 amide bonds. The van der Waals surface area contributed by atoms with E-state index in [1.165, 1.54) is 30.4 Å². The van der Waals surface area contributed by atoms with Crippen molar-refractivity contribution >= 4 is 22.9 Å².